The summed E-state index contributed by atoms with van der Waals surface area (Å²) in [6.45, 7) is 2.23. The maximum absolute atomic E-state index is 14.2. The quantitative estimate of drug-likeness (QED) is 0.623. The second kappa shape index (κ2) is 6.08. The molecular weight excluding hydrogens is 385 g/mol. The van der Waals surface area contributed by atoms with Crippen LogP contribution < -0.4 is 4.74 Å². The monoisotopic (exact) mass is 399 g/mol. The topological polar surface area (TPSA) is 65.2 Å². The highest BCUT2D eigenvalue weighted by Crippen LogP contribution is 2.53. The summed E-state index contributed by atoms with van der Waals surface area (Å²) < 4.78 is 72.0. The Hall–Kier alpha value is -2.85. The standard InChI is InChI=1S/C17H14F5N5O/c1-8(17(20,21)22)28-15-11(18)3-9(5-24-15)12-7-27-13(6-23-12)25-26-14(27)10-4-16(10,2)19/h3,5-8,10H,4H2,1-2H3/t8-,10-,16?/m1/s1. The van der Waals surface area contributed by atoms with E-state index in [4.69, 9.17) is 0 Å². The van der Waals surface area contributed by atoms with Crippen LogP contribution in [-0.4, -0.2) is 42.5 Å². The molecular formula is C17H14F5N5O. The van der Waals surface area contributed by atoms with Gasteiger partial charge in [-0.1, -0.05) is 0 Å². The molecule has 1 unspecified atom stereocenters. The molecule has 1 aliphatic rings. The summed E-state index contributed by atoms with van der Waals surface area (Å²) >= 11 is 0. The van der Waals surface area contributed by atoms with Gasteiger partial charge in [0.15, 0.2) is 17.6 Å². The Labute approximate surface area is 155 Å². The summed E-state index contributed by atoms with van der Waals surface area (Å²) in [5, 5.41) is 7.93. The fourth-order valence-corrected chi connectivity index (χ4v) is 2.79. The normalized spacial score (nSPS) is 23.0. The number of hydrogen-bond donors (Lipinski definition) is 0. The first-order valence-corrected chi connectivity index (χ1v) is 8.35. The van der Waals surface area contributed by atoms with Crippen LogP contribution in [0.4, 0.5) is 22.0 Å². The van der Waals surface area contributed by atoms with Crippen LogP contribution in [0.25, 0.3) is 16.9 Å². The molecule has 11 heteroatoms. The molecule has 0 aliphatic heterocycles. The van der Waals surface area contributed by atoms with Gasteiger partial charge in [-0.05, 0) is 26.3 Å². The smallest absolute Gasteiger partial charge is 0.425 e. The second-order valence-electron chi connectivity index (χ2n) is 6.91. The van der Waals surface area contributed by atoms with E-state index in [0.717, 1.165) is 19.2 Å². The lowest BCUT2D eigenvalue weighted by molar-refractivity contribution is -0.190. The number of halogens is 5. The van der Waals surface area contributed by atoms with Gasteiger partial charge in [-0.25, -0.2) is 13.8 Å². The Kier molecular flexibility index (Phi) is 4.02. The first-order chi connectivity index (χ1) is 13.1. The van der Waals surface area contributed by atoms with Crippen LogP contribution >= 0.6 is 0 Å². The highest BCUT2D eigenvalue weighted by Gasteiger charge is 2.54. The van der Waals surface area contributed by atoms with E-state index in [2.05, 4.69) is 24.9 Å². The Morgan fingerprint density at radius 3 is 2.57 bits per heavy atom. The van der Waals surface area contributed by atoms with Gasteiger partial charge in [0.25, 0.3) is 5.88 Å². The van der Waals surface area contributed by atoms with Crippen molar-refractivity contribution in [2.75, 3.05) is 0 Å². The van der Waals surface area contributed by atoms with E-state index in [-0.39, 0.29) is 11.3 Å². The summed E-state index contributed by atoms with van der Waals surface area (Å²) in [6, 6.07) is 0.972. The number of rotatable bonds is 4. The summed E-state index contributed by atoms with van der Waals surface area (Å²) in [5.74, 6) is -1.79. The van der Waals surface area contributed by atoms with Gasteiger partial charge in [-0.2, -0.15) is 13.2 Å². The van der Waals surface area contributed by atoms with Crippen LogP contribution in [0.5, 0.6) is 5.88 Å². The molecule has 0 aromatic carbocycles. The van der Waals surface area contributed by atoms with Crippen LogP contribution in [0.1, 0.15) is 32.0 Å². The van der Waals surface area contributed by atoms with Crippen molar-refractivity contribution in [3.8, 4) is 17.1 Å². The predicted molar refractivity (Wildman–Crippen MR) is 87.0 cm³/mol. The first-order valence-electron chi connectivity index (χ1n) is 8.35. The van der Waals surface area contributed by atoms with Gasteiger partial charge in [0.2, 0.25) is 0 Å². The van der Waals surface area contributed by atoms with E-state index in [0.29, 0.717) is 17.9 Å². The Balaban J connectivity index is 1.65. The van der Waals surface area contributed by atoms with Crippen LogP contribution in [0.3, 0.4) is 0 Å². The van der Waals surface area contributed by atoms with Gasteiger partial charge >= 0.3 is 6.18 Å². The minimum Gasteiger partial charge on any atom is -0.463 e. The Morgan fingerprint density at radius 2 is 1.96 bits per heavy atom. The van der Waals surface area contributed by atoms with Gasteiger partial charge in [0, 0.05) is 18.0 Å². The van der Waals surface area contributed by atoms with Gasteiger partial charge in [0.05, 0.1) is 17.8 Å². The Bertz CT molecular complexity index is 1050. The minimum absolute atomic E-state index is 0.213. The molecule has 6 nitrogen and oxygen atoms in total. The first kappa shape index (κ1) is 18.5. The van der Waals surface area contributed by atoms with Crippen LogP contribution in [0, 0.1) is 5.82 Å². The SMILES string of the molecule is C[C@@H](Oc1ncc(-c2cn3c([C@H]4CC4(C)F)nnc3cn2)cc1F)C(F)(F)F. The van der Waals surface area contributed by atoms with E-state index in [1.807, 2.05) is 0 Å². The van der Waals surface area contributed by atoms with E-state index >= 15 is 0 Å². The van der Waals surface area contributed by atoms with Crippen molar-refractivity contribution in [2.45, 2.75) is 44.1 Å². The average molecular weight is 399 g/mol. The molecule has 0 radical (unpaired) electrons. The number of aromatic nitrogens is 5. The van der Waals surface area contributed by atoms with Crippen molar-refractivity contribution in [1.29, 1.82) is 0 Å². The molecule has 3 heterocycles. The molecule has 3 aromatic heterocycles. The summed E-state index contributed by atoms with van der Waals surface area (Å²) in [7, 11) is 0. The third kappa shape index (κ3) is 3.25. The van der Waals surface area contributed by atoms with E-state index in [1.54, 1.807) is 4.40 Å². The Morgan fingerprint density at radius 1 is 1.25 bits per heavy atom. The molecule has 0 N–H and O–H groups in total. The lowest BCUT2D eigenvalue weighted by Gasteiger charge is -2.17. The summed E-state index contributed by atoms with van der Waals surface area (Å²) in [6.07, 6.45) is -2.48. The van der Waals surface area contributed by atoms with E-state index < -0.39 is 35.6 Å². The number of hydrogen-bond acceptors (Lipinski definition) is 5. The van der Waals surface area contributed by atoms with Gasteiger partial charge in [-0.3, -0.25) is 9.38 Å². The summed E-state index contributed by atoms with van der Waals surface area (Å²) in [4.78, 5) is 7.76. The van der Waals surface area contributed by atoms with E-state index in [9.17, 15) is 22.0 Å². The van der Waals surface area contributed by atoms with Crippen LogP contribution in [0.15, 0.2) is 24.7 Å². The van der Waals surface area contributed by atoms with Crippen molar-refractivity contribution in [3.05, 3.63) is 36.3 Å². The minimum atomic E-state index is -4.64. The third-order valence-corrected chi connectivity index (χ3v) is 4.65. The predicted octanol–water partition coefficient (Wildman–Crippen LogP) is 3.87. The molecule has 1 saturated carbocycles. The zero-order valence-electron chi connectivity index (χ0n) is 14.7. The van der Waals surface area contributed by atoms with Crippen molar-refractivity contribution >= 4 is 5.65 Å². The number of ether oxygens (including phenoxy) is 1. The molecule has 0 bridgehead atoms. The molecule has 0 amide bonds. The van der Waals surface area contributed by atoms with Crippen molar-refractivity contribution in [1.82, 2.24) is 24.6 Å². The van der Waals surface area contributed by atoms with Crippen LogP contribution in [-0.2, 0) is 0 Å². The number of alkyl halides is 4. The molecule has 28 heavy (non-hydrogen) atoms. The maximum Gasteiger partial charge on any atom is 0.425 e. The molecule has 3 aromatic rings. The third-order valence-electron chi connectivity index (χ3n) is 4.65. The van der Waals surface area contributed by atoms with Crippen LogP contribution in [0.2, 0.25) is 0 Å². The number of nitrogens with zero attached hydrogens (tertiary/aromatic N) is 5. The molecule has 1 fully saturated rings. The van der Waals surface area contributed by atoms with Crippen molar-refractivity contribution in [2.24, 2.45) is 0 Å². The molecule has 3 atom stereocenters. The lowest BCUT2D eigenvalue weighted by Crippen LogP contribution is -2.31. The second-order valence-corrected chi connectivity index (χ2v) is 6.91. The van der Waals surface area contributed by atoms with Crippen molar-refractivity contribution < 1.29 is 26.7 Å². The zero-order chi connectivity index (χ0) is 20.3. The molecule has 0 saturated heterocycles. The van der Waals surface area contributed by atoms with Gasteiger partial charge < -0.3 is 4.74 Å². The van der Waals surface area contributed by atoms with Gasteiger partial charge in [-0.15, -0.1) is 10.2 Å². The number of pyridine rings is 1. The van der Waals surface area contributed by atoms with Crippen molar-refractivity contribution in [3.63, 3.8) is 0 Å². The lowest BCUT2D eigenvalue weighted by atomic mass is 10.2. The fraction of sp³-hybridized carbons (Fsp3) is 0.412. The maximum atomic E-state index is 14.2. The highest BCUT2D eigenvalue weighted by molar-refractivity contribution is 5.59. The van der Waals surface area contributed by atoms with Gasteiger partial charge in [0.1, 0.15) is 11.5 Å². The van der Waals surface area contributed by atoms with E-state index in [1.165, 1.54) is 19.3 Å². The zero-order valence-corrected chi connectivity index (χ0v) is 14.7. The fourth-order valence-electron chi connectivity index (χ4n) is 2.79. The molecule has 0 spiro atoms. The molecule has 4 rings (SSSR count). The molecule has 148 valence electrons. The summed E-state index contributed by atoms with van der Waals surface area (Å²) in [5.41, 5.74) is -0.468. The number of fused-ring (bicyclic) bond motifs is 1. The highest BCUT2D eigenvalue weighted by atomic mass is 19.4. The average Bonchev–Trinajstić information content (AvgIpc) is 3.06. The largest absolute Gasteiger partial charge is 0.463 e. The molecule has 1 aliphatic carbocycles.